The number of benzene rings is 3. The molecule has 0 radical (unpaired) electrons. The van der Waals surface area contributed by atoms with Gasteiger partial charge in [-0.05, 0) is 80.9 Å². The summed E-state index contributed by atoms with van der Waals surface area (Å²) >= 11 is 6.27. The van der Waals surface area contributed by atoms with E-state index in [-0.39, 0.29) is 18.6 Å². The first-order valence-corrected chi connectivity index (χ1v) is 14.4. The molecule has 1 aliphatic rings. The molecular formula is C34H41ClN2O3. The second-order valence-corrected chi connectivity index (χ2v) is 10.2. The molecule has 1 unspecified atom stereocenters. The molecule has 0 saturated carbocycles. The van der Waals surface area contributed by atoms with E-state index >= 15 is 0 Å². The molecule has 1 heterocycles. The van der Waals surface area contributed by atoms with E-state index in [1.54, 1.807) is 19.9 Å². The van der Waals surface area contributed by atoms with Gasteiger partial charge in [-0.25, -0.2) is 0 Å². The summed E-state index contributed by atoms with van der Waals surface area (Å²) < 4.78 is 10.7. The quantitative estimate of drug-likeness (QED) is 0.203. The minimum atomic E-state index is -0.344. The van der Waals surface area contributed by atoms with E-state index in [1.807, 2.05) is 6.07 Å². The normalized spacial score (nSPS) is 14.4. The van der Waals surface area contributed by atoms with Gasteiger partial charge in [-0.1, -0.05) is 84.8 Å². The first-order chi connectivity index (χ1) is 19.3. The highest BCUT2D eigenvalue weighted by Gasteiger charge is 2.21. The van der Waals surface area contributed by atoms with Gasteiger partial charge in [0.1, 0.15) is 6.23 Å². The molecule has 3 aromatic rings. The third-order valence-electron chi connectivity index (χ3n) is 6.84. The molecule has 0 bridgehead atoms. The standard InChI is InChI=1S/C17H23ClN2O3.C17H18/c1-3-22-16(21)10-12-13(18)7-8-14(17(12)11(2)19)20-15-6-4-5-9-23-15;1-3-14(2)17(15-10-6-4-7-11-15)16-12-8-5-9-13-16/h7-8,15,19-20H,3-6,9-10H2,1-2H3;4-13H,3H2,1-2H3. The van der Waals surface area contributed by atoms with Crippen molar-refractivity contribution >= 4 is 34.5 Å². The van der Waals surface area contributed by atoms with Crippen molar-refractivity contribution in [1.29, 1.82) is 5.41 Å². The molecule has 0 aliphatic carbocycles. The number of anilines is 1. The topological polar surface area (TPSA) is 71.4 Å². The zero-order valence-electron chi connectivity index (χ0n) is 24.1. The summed E-state index contributed by atoms with van der Waals surface area (Å²) in [6.45, 7) is 8.94. The minimum absolute atomic E-state index is 0.0548. The molecular weight excluding hydrogens is 520 g/mol. The van der Waals surface area contributed by atoms with Crippen molar-refractivity contribution in [2.24, 2.45) is 0 Å². The average molecular weight is 561 g/mol. The minimum Gasteiger partial charge on any atom is -0.466 e. The van der Waals surface area contributed by atoms with Crippen molar-refractivity contribution in [3.63, 3.8) is 0 Å². The lowest BCUT2D eigenvalue weighted by atomic mass is 9.93. The Hall–Kier alpha value is -3.41. The molecule has 2 N–H and O–H groups in total. The maximum atomic E-state index is 11.8. The van der Waals surface area contributed by atoms with E-state index in [0.717, 1.165) is 38.0 Å². The van der Waals surface area contributed by atoms with E-state index in [2.05, 4.69) is 79.8 Å². The summed E-state index contributed by atoms with van der Waals surface area (Å²) in [5.41, 5.74) is 7.81. The van der Waals surface area contributed by atoms with E-state index in [4.69, 9.17) is 26.5 Å². The van der Waals surface area contributed by atoms with Gasteiger partial charge in [-0.2, -0.15) is 0 Å². The highest BCUT2D eigenvalue weighted by atomic mass is 35.5. The second kappa shape index (κ2) is 16.0. The largest absolute Gasteiger partial charge is 0.466 e. The molecule has 1 saturated heterocycles. The van der Waals surface area contributed by atoms with E-state index in [1.165, 1.54) is 22.3 Å². The number of esters is 1. The fraction of sp³-hybridized carbons (Fsp3) is 0.353. The Balaban J connectivity index is 0.000000230. The first-order valence-electron chi connectivity index (χ1n) is 14.1. The Morgan fingerprint density at radius 1 is 0.975 bits per heavy atom. The Bertz CT molecular complexity index is 1240. The monoisotopic (exact) mass is 560 g/mol. The number of carbonyl (C=O) groups excluding carboxylic acids is 1. The van der Waals surface area contributed by atoms with E-state index in [9.17, 15) is 4.79 Å². The van der Waals surface area contributed by atoms with Crippen LogP contribution in [0.2, 0.25) is 5.02 Å². The van der Waals surface area contributed by atoms with Crippen LogP contribution in [-0.4, -0.2) is 31.1 Å². The van der Waals surface area contributed by atoms with Crippen molar-refractivity contribution in [2.75, 3.05) is 18.5 Å². The predicted molar refractivity (Wildman–Crippen MR) is 166 cm³/mol. The third kappa shape index (κ3) is 8.80. The van der Waals surface area contributed by atoms with Crippen LogP contribution in [-0.2, 0) is 20.7 Å². The second-order valence-electron chi connectivity index (χ2n) is 9.80. The molecule has 0 spiro atoms. The van der Waals surface area contributed by atoms with E-state index < -0.39 is 0 Å². The molecule has 5 nitrogen and oxygen atoms in total. The lowest BCUT2D eigenvalue weighted by molar-refractivity contribution is -0.142. The van der Waals surface area contributed by atoms with Crippen molar-refractivity contribution in [3.8, 4) is 0 Å². The number of halogens is 1. The van der Waals surface area contributed by atoms with Gasteiger partial charge in [0.15, 0.2) is 0 Å². The van der Waals surface area contributed by atoms with Gasteiger partial charge in [0.25, 0.3) is 0 Å². The molecule has 0 amide bonds. The highest BCUT2D eigenvalue weighted by molar-refractivity contribution is 6.32. The van der Waals surface area contributed by atoms with Crippen LogP contribution in [0.1, 0.15) is 75.6 Å². The SMILES string of the molecule is CCC(C)=C(c1ccccc1)c1ccccc1.CCOC(=O)Cc1c(Cl)ccc(NC2CCCCO2)c1C(C)=N. The van der Waals surface area contributed by atoms with Crippen LogP contribution < -0.4 is 5.32 Å². The molecule has 4 rings (SSSR count). The smallest absolute Gasteiger partial charge is 0.310 e. The molecule has 3 aromatic carbocycles. The van der Waals surface area contributed by atoms with Gasteiger partial charge in [0.05, 0.1) is 13.0 Å². The maximum absolute atomic E-state index is 11.8. The molecule has 6 heteroatoms. The van der Waals surface area contributed by atoms with Crippen LogP contribution in [0.5, 0.6) is 0 Å². The van der Waals surface area contributed by atoms with Gasteiger partial charge >= 0.3 is 5.97 Å². The van der Waals surface area contributed by atoms with Crippen LogP contribution >= 0.6 is 11.6 Å². The van der Waals surface area contributed by atoms with Gasteiger partial charge in [-0.3, -0.25) is 4.79 Å². The number of hydrogen-bond acceptors (Lipinski definition) is 5. The Morgan fingerprint density at radius 3 is 2.10 bits per heavy atom. The summed E-state index contributed by atoms with van der Waals surface area (Å²) in [5, 5.41) is 11.9. The van der Waals surface area contributed by atoms with Gasteiger partial charge in [0.2, 0.25) is 0 Å². The predicted octanol–water partition coefficient (Wildman–Crippen LogP) is 8.69. The number of rotatable bonds is 9. The first kappa shape index (κ1) is 31.1. The molecule has 0 aromatic heterocycles. The Morgan fingerprint density at radius 2 is 1.60 bits per heavy atom. The van der Waals surface area contributed by atoms with Crippen LogP contribution in [0.3, 0.4) is 0 Å². The molecule has 40 heavy (non-hydrogen) atoms. The molecule has 1 atom stereocenters. The van der Waals surface area contributed by atoms with Crippen molar-refractivity contribution < 1.29 is 14.3 Å². The zero-order valence-corrected chi connectivity index (χ0v) is 24.8. The summed E-state index contributed by atoms with van der Waals surface area (Å²) in [5.74, 6) is -0.344. The number of hydrogen-bond donors (Lipinski definition) is 2. The fourth-order valence-corrected chi connectivity index (χ4v) is 5.00. The van der Waals surface area contributed by atoms with Crippen molar-refractivity contribution in [1.82, 2.24) is 0 Å². The third-order valence-corrected chi connectivity index (χ3v) is 7.19. The Labute approximate surface area is 244 Å². The van der Waals surface area contributed by atoms with Crippen LogP contribution in [0.4, 0.5) is 5.69 Å². The lowest BCUT2D eigenvalue weighted by Crippen LogP contribution is -2.28. The van der Waals surface area contributed by atoms with Crippen molar-refractivity contribution in [3.05, 3.63) is 106 Å². The summed E-state index contributed by atoms with van der Waals surface area (Å²) in [6, 6.07) is 24.8. The van der Waals surface area contributed by atoms with Crippen molar-refractivity contribution in [2.45, 2.75) is 66.0 Å². The highest BCUT2D eigenvalue weighted by Crippen LogP contribution is 2.30. The number of ether oxygens (including phenoxy) is 2. The Kier molecular flexibility index (Phi) is 12.4. The van der Waals surface area contributed by atoms with Crippen LogP contribution in [0.25, 0.3) is 5.57 Å². The van der Waals surface area contributed by atoms with Crippen LogP contribution in [0, 0.1) is 5.41 Å². The van der Waals surface area contributed by atoms with E-state index in [0.29, 0.717) is 28.5 Å². The summed E-state index contributed by atoms with van der Waals surface area (Å²) in [6.07, 6.45) is 4.17. The summed E-state index contributed by atoms with van der Waals surface area (Å²) in [7, 11) is 0. The number of nitrogens with one attached hydrogen (secondary N) is 2. The molecule has 1 fully saturated rings. The molecule has 1 aliphatic heterocycles. The lowest BCUT2D eigenvalue weighted by Gasteiger charge is -2.26. The zero-order chi connectivity index (χ0) is 28.9. The number of carbonyl (C=O) groups is 1. The van der Waals surface area contributed by atoms with Gasteiger partial charge in [-0.15, -0.1) is 0 Å². The maximum Gasteiger partial charge on any atom is 0.310 e. The number of allylic oxidation sites excluding steroid dienone is 1. The summed E-state index contributed by atoms with van der Waals surface area (Å²) in [4.78, 5) is 11.8. The average Bonchev–Trinajstić information content (AvgIpc) is 2.97. The van der Waals surface area contributed by atoms with Gasteiger partial charge < -0.3 is 20.2 Å². The fourth-order valence-electron chi connectivity index (χ4n) is 4.77. The molecule has 212 valence electrons. The van der Waals surface area contributed by atoms with Crippen LogP contribution in [0.15, 0.2) is 78.4 Å². The van der Waals surface area contributed by atoms with Gasteiger partial charge in [0, 0.05) is 28.6 Å².